The third-order valence-electron chi connectivity index (χ3n) is 3.73. The lowest BCUT2D eigenvalue weighted by atomic mass is 9.95. The van der Waals surface area contributed by atoms with Crippen molar-refractivity contribution < 1.29 is 9.47 Å². The highest BCUT2D eigenvalue weighted by molar-refractivity contribution is 6.48. The van der Waals surface area contributed by atoms with Crippen LogP contribution < -0.4 is 15.2 Å². The van der Waals surface area contributed by atoms with Crippen molar-refractivity contribution in [2.45, 2.75) is 0 Å². The van der Waals surface area contributed by atoms with Gasteiger partial charge in [-0.25, -0.2) is 4.99 Å². The quantitative estimate of drug-likeness (QED) is 0.911. The van der Waals surface area contributed by atoms with Gasteiger partial charge in [-0.15, -0.1) is 0 Å². The molecule has 0 fully saturated rings. The molecule has 1 aliphatic rings. The molecule has 116 valence electrons. The van der Waals surface area contributed by atoms with Crippen LogP contribution in [0.2, 0.25) is 0 Å². The Morgan fingerprint density at radius 2 is 1.22 bits per heavy atom. The molecule has 0 spiro atoms. The van der Waals surface area contributed by atoms with Gasteiger partial charge in [-0.3, -0.25) is 5.41 Å². The lowest BCUT2D eigenvalue weighted by molar-refractivity contribution is 0.414. The number of rotatable bonds is 4. The Balaban J connectivity index is 2.11. The molecule has 2 aromatic carbocycles. The van der Waals surface area contributed by atoms with Gasteiger partial charge in [-0.1, -0.05) is 24.3 Å². The minimum absolute atomic E-state index is 0.165. The molecule has 3 rings (SSSR count). The summed E-state index contributed by atoms with van der Waals surface area (Å²) in [5, 5.41) is 8.15. The second-order valence-electron chi connectivity index (χ2n) is 5.05. The average Bonchev–Trinajstić information content (AvgIpc) is 2.89. The SMILES string of the molecule is COc1ccc(C2=C(c3ccc(OC)cc3)C(N)=NC2=N)cc1. The molecule has 3 N–H and O–H groups in total. The summed E-state index contributed by atoms with van der Waals surface area (Å²) in [6.45, 7) is 0. The first-order chi connectivity index (χ1) is 11.1. The lowest BCUT2D eigenvalue weighted by Crippen LogP contribution is -2.11. The first-order valence-electron chi connectivity index (χ1n) is 7.10. The van der Waals surface area contributed by atoms with Gasteiger partial charge in [0.15, 0.2) is 5.84 Å². The highest BCUT2D eigenvalue weighted by Crippen LogP contribution is 2.33. The number of nitrogens with two attached hydrogens (primary N) is 1. The normalized spacial score (nSPS) is 14.0. The molecule has 1 heterocycles. The summed E-state index contributed by atoms with van der Waals surface area (Å²) in [7, 11) is 3.24. The Morgan fingerprint density at radius 1 is 0.783 bits per heavy atom. The van der Waals surface area contributed by atoms with Gasteiger partial charge in [0, 0.05) is 11.1 Å². The van der Waals surface area contributed by atoms with Crippen molar-refractivity contribution in [2.24, 2.45) is 10.7 Å². The predicted octanol–water partition coefficient (Wildman–Crippen LogP) is 2.96. The van der Waals surface area contributed by atoms with E-state index in [0.29, 0.717) is 5.84 Å². The van der Waals surface area contributed by atoms with Crippen LogP contribution in [0.1, 0.15) is 11.1 Å². The summed E-state index contributed by atoms with van der Waals surface area (Å²) in [5.74, 6) is 2.05. The van der Waals surface area contributed by atoms with Crippen molar-refractivity contribution in [1.29, 1.82) is 5.41 Å². The lowest BCUT2D eigenvalue weighted by Gasteiger charge is -2.10. The number of hydrogen-bond donors (Lipinski definition) is 2. The second-order valence-corrected chi connectivity index (χ2v) is 5.05. The van der Waals surface area contributed by atoms with Gasteiger partial charge in [0.05, 0.1) is 14.2 Å². The largest absolute Gasteiger partial charge is 0.497 e. The van der Waals surface area contributed by atoms with E-state index in [1.54, 1.807) is 14.2 Å². The van der Waals surface area contributed by atoms with E-state index in [-0.39, 0.29) is 5.84 Å². The molecule has 5 heteroatoms. The Hall–Kier alpha value is -3.08. The van der Waals surface area contributed by atoms with E-state index in [1.807, 2.05) is 48.5 Å². The summed E-state index contributed by atoms with van der Waals surface area (Å²) in [5.41, 5.74) is 9.32. The Bertz CT molecular complexity index is 803. The first-order valence-corrected chi connectivity index (χ1v) is 7.10. The molecule has 0 radical (unpaired) electrons. The highest BCUT2D eigenvalue weighted by Gasteiger charge is 2.24. The first kappa shape index (κ1) is 14.8. The third kappa shape index (κ3) is 2.68. The number of aliphatic imine (C=N–C) groups is 1. The Kier molecular flexibility index (Phi) is 3.85. The summed E-state index contributed by atoms with van der Waals surface area (Å²) in [6.07, 6.45) is 0. The summed E-state index contributed by atoms with van der Waals surface area (Å²) < 4.78 is 10.4. The zero-order chi connectivity index (χ0) is 16.4. The van der Waals surface area contributed by atoms with E-state index in [2.05, 4.69) is 4.99 Å². The number of hydrogen-bond acceptors (Lipinski definition) is 4. The van der Waals surface area contributed by atoms with Crippen molar-refractivity contribution in [3.8, 4) is 11.5 Å². The molecular formula is C18H17N3O2. The smallest absolute Gasteiger partial charge is 0.155 e. The topological polar surface area (TPSA) is 80.7 Å². The van der Waals surface area contributed by atoms with Crippen molar-refractivity contribution >= 4 is 22.8 Å². The minimum atomic E-state index is 0.165. The van der Waals surface area contributed by atoms with Gasteiger partial charge in [-0.2, -0.15) is 0 Å². The zero-order valence-corrected chi connectivity index (χ0v) is 13.0. The molecule has 0 unspecified atom stereocenters. The van der Waals surface area contributed by atoms with Gasteiger partial charge in [-0.05, 0) is 35.4 Å². The van der Waals surface area contributed by atoms with E-state index in [0.717, 1.165) is 33.8 Å². The van der Waals surface area contributed by atoms with Crippen LogP contribution in [-0.2, 0) is 0 Å². The number of benzene rings is 2. The predicted molar refractivity (Wildman–Crippen MR) is 92.2 cm³/mol. The number of methoxy groups -OCH3 is 2. The van der Waals surface area contributed by atoms with Gasteiger partial charge in [0.1, 0.15) is 17.3 Å². The zero-order valence-electron chi connectivity index (χ0n) is 13.0. The molecule has 0 amide bonds. The summed E-state index contributed by atoms with van der Waals surface area (Å²) >= 11 is 0. The van der Waals surface area contributed by atoms with E-state index >= 15 is 0 Å². The van der Waals surface area contributed by atoms with Crippen molar-refractivity contribution in [1.82, 2.24) is 0 Å². The van der Waals surface area contributed by atoms with E-state index in [4.69, 9.17) is 20.6 Å². The fourth-order valence-electron chi connectivity index (χ4n) is 2.57. The average molecular weight is 307 g/mol. The summed E-state index contributed by atoms with van der Waals surface area (Å²) in [4.78, 5) is 4.13. The van der Waals surface area contributed by atoms with Gasteiger partial charge in [0.2, 0.25) is 0 Å². The van der Waals surface area contributed by atoms with E-state index in [1.165, 1.54) is 0 Å². The van der Waals surface area contributed by atoms with Crippen LogP contribution in [0.25, 0.3) is 11.1 Å². The van der Waals surface area contributed by atoms with Crippen LogP contribution in [0.4, 0.5) is 0 Å². The van der Waals surface area contributed by atoms with Crippen LogP contribution in [-0.4, -0.2) is 25.9 Å². The second kappa shape index (κ2) is 5.96. The molecule has 0 aliphatic carbocycles. The van der Waals surface area contributed by atoms with Crippen molar-refractivity contribution in [2.75, 3.05) is 14.2 Å². The minimum Gasteiger partial charge on any atom is -0.497 e. The maximum absolute atomic E-state index is 8.15. The molecule has 0 saturated heterocycles. The van der Waals surface area contributed by atoms with E-state index < -0.39 is 0 Å². The molecule has 0 atom stereocenters. The number of amidine groups is 2. The van der Waals surface area contributed by atoms with E-state index in [9.17, 15) is 0 Å². The molecule has 1 aliphatic heterocycles. The van der Waals surface area contributed by atoms with Crippen LogP contribution >= 0.6 is 0 Å². The number of nitrogens with one attached hydrogen (secondary N) is 1. The molecule has 5 nitrogen and oxygen atoms in total. The number of nitrogens with zero attached hydrogens (tertiary/aromatic N) is 1. The van der Waals surface area contributed by atoms with Crippen LogP contribution in [0.3, 0.4) is 0 Å². The third-order valence-corrected chi connectivity index (χ3v) is 3.73. The Labute approximate surface area is 134 Å². The van der Waals surface area contributed by atoms with Crippen molar-refractivity contribution in [3.05, 3.63) is 59.7 Å². The highest BCUT2D eigenvalue weighted by atomic mass is 16.5. The van der Waals surface area contributed by atoms with Gasteiger partial charge < -0.3 is 15.2 Å². The molecule has 0 saturated carbocycles. The Morgan fingerprint density at radius 3 is 1.65 bits per heavy atom. The maximum Gasteiger partial charge on any atom is 0.155 e. The molecule has 0 bridgehead atoms. The molecule has 23 heavy (non-hydrogen) atoms. The monoisotopic (exact) mass is 307 g/mol. The fraction of sp³-hybridized carbons (Fsp3) is 0.111. The summed E-state index contributed by atoms with van der Waals surface area (Å²) in [6, 6.07) is 15.1. The standard InChI is InChI=1S/C18H17N3O2/c1-22-13-7-3-11(4-8-13)15-16(18(20)21-17(15)19)12-5-9-14(23-2)10-6-12/h3-10H,1-2H3,(H3,19,20,21). The molecule has 2 aromatic rings. The molecular weight excluding hydrogens is 290 g/mol. The van der Waals surface area contributed by atoms with Crippen LogP contribution in [0.5, 0.6) is 11.5 Å². The van der Waals surface area contributed by atoms with Crippen LogP contribution in [0.15, 0.2) is 53.5 Å². The molecule has 0 aromatic heterocycles. The maximum atomic E-state index is 8.15. The van der Waals surface area contributed by atoms with Crippen molar-refractivity contribution in [3.63, 3.8) is 0 Å². The van der Waals surface area contributed by atoms with Gasteiger partial charge in [0.25, 0.3) is 0 Å². The van der Waals surface area contributed by atoms with Crippen LogP contribution in [0, 0.1) is 5.41 Å². The van der Waals surface area contributed by atoms with Gasteiger partial charge >= 0.3 is 0 Å². The number of ether oxygens (including phenoxy) is 2. The fourth-order valence-corrected chi connectivity index (χ4v) is 2.57.